The number of rotatable bonds is 6. The molecule has 0 saturated carbocycles. The molecule has 0 unspecified atom stereocenters. The second-order valence-electron chi connectivity index (χ2n) is 4.21. The van der Waals surface area contributed by atoms with E-state index in [2.05, 4.69) is 0 Å². The smallest absolute Gasteiger partial charge is 0.150 e. The van der Waals surface area contributed by atoms with E-state index in [1.54, 1.807) is 0 Å². The predicted molar refractivity (Wildman–Crippen MR) is 78.7 cm³/mol. The molecular formula is C16H14O2S. The molecule has 0 amide bonds. The van der Waals surface area contributed by atoms with Crippen molar-refractivity contribution in [3.8, 4) is 0 Å². The Morgan fingerprint density at radius 2 is 1.05 bits per heavy atom. The quantitative estimate of drug-likeness (QED) is 0.750. The summed E-state index contributed by atoms with van der Waals surface area (Å²) >= 11 is 1.81. The molecule has 2 aromatic carbocycles. The first-order chi connectivity index (χ1) is 9.31. The lowest BCUT2D eigenvalue weighted by Crippen LogP contribution is -1.86. The fraction of sp³-hybridized carbons (Fsp3) is 0.125. The molecule has 0 heterocycles. The van der Waals surface area contributed by atoms with Crippen molar-refractivity contribution >= 4 is 24.3 Å². The van der Waals surface area contributed by atoms with Gasteiger partial charge in [0.1, 0.15) is 12.6 Å². The van der Waals surface area contributed by atoms with Crippen LogP contribution in [-0.2, 0) is 11.5 Å². The Morgan fingerprint density at radius 3 is 1.37 bits per heavy atom. The highest BCUT2D eigenvalue weighted by molar-refractivity contribution is 7.97. The highest BCUT2D eigenvalue weighted by Crippen LogP contribution is 2.18. The monoisotopic (exact) mass is 270 g/mol. The number of carbonyl (C=O) groups is 2. The van der Waals surface area contributed by atoms with Gasteiger partial charge in [0.2, 0.25) is 0 Å². The van der Waals surface area contributed by atoms with Gasteiger partial charge >= 0.3 is 0 Å². The Hall–Kier alpha value is -1.87. The van der Waals surface area contributed by atoms with Gasteiger partial charge in [-0.15, -0.1) is 0 Å². The van der Waals surface area contributed by atoms with E-state index in [0.29, 0.717) is 11.1 Å². The second kappa shape index (κ2) is 6.90. The zero-order chi connectivity index (χ0) is 13.5. The molecule has 0 fully saturated rings. The van der Waals surface area contributed by atoms with Crippen LogP contribution in [0.15, 0.2) is 48.5 Å². The third-order valence-electron chi connectivity index (χ3n) is 2.77. The molecule has 2 nitrogen and oxygen atoms in total. The third kappa shape index (κ3) is 4.07. The first-order valence-electron chi connectivity index (χ1n) is 5.98. The number of hydrogen-bond donors (Lipinski definition) is 0. The molecule has 96 valence electrons. The van der Waals surface area contributed by atoms with Gasteiger partial charge in [-0.25, -0.2) is 0 Å². The fourth-order valence-electron chi connectivity index (χ4n) is 1.67. The Morgan fingerprint density at radius 1 is 0.684 bits per heavy atom. The Labute approximate surface area is 116 Å². The molecule has 0 radical (unpaired) electrons. The number of carbonyl (C=O) groups excluding carboxylic acids is 2. The first-order valence-corrected chi connectivity index (χ1v) is 7.13. The van der Waals surface area contributed by atoms with Crippen molar-refractivity contribution in [3.63, 3.8) is 0 Å². The molecule has 3 heteroatoms. The first kappa shape index (κ1) is 13.6. The predicted octanol–water partition coefficient (Wildman–Crippen LogP) is 3.75. The second-order valence-corrected chi connectivity index (χ2v) is 5.20. The van der Waals surface area contributed by atoms with Gasteiger partial charge in [0.05, 0.1) is 0 Å². The van der Waals surface area contributed by atoms with Gasteiger partial charge in [-0.1, -0.05) is 48.5 Å². The lowest BCUT2D eigenvalue weighted by molar-refractivity contribution is 0.111. The lowest BCUT2D eigenvalue weighted by atomic mass is 10.2. The van der Waals surface area contributed by atoms with Gasteiger partial charge in [0.25, 0.3) is 0 Å². The summed E-state index contributed by atoms with van der Waals surface area (Å²) in [7, 11) is 0. The van der Waals surface area contributed by atoms with Crippen LogP contribution in [0.5, 0.6) is 0 Å². The van der Waals surface area contributed by atoms with Crippen molar-refractivity contribution in [3.05, 3.63) is 70.8 Å². The van der Waals surface area contributed by atoms with E-state index in [1.165, 1.54) is 11.1 Å². The molecule has 0 bridgehead atoms. The summed E-state index contributed by atoms with van der Waals surface area (Å²) in [6, 6.07) is 15.3. The van der Waals surface area contributed by atoms with E-state index in [-0.39, 0.29) is 0 Å². The third-order valence-corrected chi connectivity index (χ3v) is 3.84. The van der Waals surface area contributed by atoms with Gasteiger partial charge < -0.3 is 0 Å². The Balaban J connectivity index is 1.84. The van der Waals surface area contributed by atoms with Crippen LogP contribution >= 0.6 is 11.8 Å². The van der Waals surface area contributed by atoms with Crippen molar-refractivity contribution < 1.29 is 9.59 Å². The van der Waals surface area contributed by atoms with Gasteiger partial charge in [0, 0.05) is 22.6 Å². The van der Waals surface area contributed by atoms with Gasteiger partial charge in [-0.3, -0.25) is 9.59 Å². The Kier molecular flexibility index (Phi) is 4.93. The average Bonchev–Trinajstić information content (AvgIpc) is 2.49. The van der Waals surface area contributed by atoms with Crippen molar-refractivity contribution in [2.24, 2.45) is 0 Å². The van der Waals surface area contributed by atoms with Crippen molar-refractivity contribution in [2.75, 3.05) is 0 Å². The van der Waals surface area contributed by atoms with Crippen molar-refractivity contribution in [2.45, 2.75) is 11.5 Å². The van der Waals surface area contributed by atoms with E-state index >= 15 is 0 Å². The molecule has 2 aromatic rings. The summed E-state index contributed by atoms with van der Waals surface area (Å²) < 4.78 is 0. The molecule has 2 rings (SSSR count). The molecule has 0 atom stereocenters. The molecular weight excluding hydrogens is 256 g/mol. The summed E-state index contributed by atoms with van der Waals surface area (Å²) in [6.07, 6.45) is 1.71. The van der Waals surface area contributed by atoms with E-state index in [4.69, 9.17) is 0 Å². The summed E-state index contributed by atoms with van der Waals surface area (Å²) in [4.78, 5) is 21.1. The lowest BCUT2D eigenvalue weighted by Gasteiger charge is -2.03. The van der Waals surface area contributed by atoms with Crippen LogP contribution < -0.4 is 0 Å². The minimum Gasteiger partial charge on any atom is -0.298 e. The standard InChI is InChI=1S/C16H14O2S/c17-9-13-1-5-15(6-2-13)11-19-12-16-7-3-14(10-18)4-8-16/h1-10H,11-12H2. The maximum absolute atomic E-state index is 10.5. The molecule has 0 N–H and O–H groups in total. The van der Waals surface area contributed by atoms with Crippen LogP contribution in [0.2, 0.25) is 0 Å². The average molecular weight is 270 g/mol. The zero-order valence-corrected chi connectivity index (χ0v) is 11.2. The minimum absolute atomic E-state index is 0.707. The fourth-order valence-corrected chi connectivity index (χ4v) is 2.63. The highest BCUT2D eigenvalue weighted by atomic mass is 32.2. The number of thioether (sulfide) groups is 1. The van der Waals surface area contributed by atoms with Crippen molar-refractivity contribution in [1.29, 1.82) is 0 Å². The van der Waals surface area contributed by atoms with E-state index in [9.17, 15) is 9.59 Å². The topological polar surface area (TPSA) is 34.1 Å². The van der Waals surface area contributed by atoms with Gasteiger partial charge in [-0.2, -0.15) is 11.8 Å². The summed E-state index contributed by atoms with van der Waals surface area (Å²) in [5.41, 5.74) is 3.83. The van der Waals surface area contributed by atoms with Crippen LogP contribution in [0.25, 0.3) is 0 Å². The van der Waals surface area contributed by atoms with Gasteiger partial charge in [0.15, 0.2) is 0 Å². The number of benzene rings is 2. The minimum atomic E-state index is 0.707. The zero-order valence-electron chi connectivity index (χ0n) is 10.4. The van der Waals surface area contributed by atoms with Crippen LogP contribution in [0.4, 0.5) is 0 Å². The van der Waals surface area contributed by atoms with Gasteiger partial charge in [-0.05, 0) is 11.1 Å². The highest BCUT2D eigenvalue weighted by Gasteiger charge is 1.97. The normalized spacial score (nSPS) is 10.1. The molecule has 19 heavy (non-hydrogen) atoms. The Bertz CT molecular complexity index is 492. The molecule has 0 aromatic heterocycles. The van der Waals surface area contributed by atoms with Crippen LogP contribution in [0, 0.1) is 0 Å². The molecule has 0 spiro atoms. The molecule has 0 aliphatic carbocycles. The van der Waals surface area contributed by atoms with Crippen LogP contribution in [-0.4, -0.2) is 12.6 Å². The summed E-state index contributed by atoms with van der Waals surface area (Å²) in [6.45, 7) is 0. The van der Waals surface area contributed by atoms with E-state index in [1.807, 2.05) is 60.3 Å². The molecule has 0 aliphatic rings. The molecule has 0 aliphatic heterocycles. The summed E-state index contributed by atoms with van der Waals surface area (Å²) in [5, 5.41) is 0. The van der Waals surface area contributed by atoms with Crippen LogP contribution in [0.3, 0.4) is 0 Å². The molecule has 0 saturated heterocycles. The summed E-state index contributed by atoms with van der Waals surface area (Å²) in [5.74, 6) is 1.82. The SMILES string of the molecule is O=Cc1ccc(CSCc2ccc(C=O)cc2)cc1. The van der Waals surface area contributed by atoms with E-state index in [0.717, 1.165) is 24.1 Å². The maximum atomic E-state index is 10.5. The number of aldehydes is 2. The van der Waals surface area contributed by atoms with Crippen molar-refractivity contribution in [1.82, 2.24) is 0 Å². The largest absolute Gasteiger partial charge is 0.298 e. The number of hydrogen-bond acceptors (Lipinski definition) is 3. The van der Waals surface area contributed by atoms with E-state index < -0.39 is 0 Å². The maximum Gasteiger partial charge on any atom is 0.150 e. The van der Waals surface area contributed by atoms with Crippen LogP contribution in [0.1, 0.15) is 31.8 Å².